The second-order valence-electron chi connectivity index (χ2n) is 4.20. The molecule has 1 aromatic rings. The third-order valence-corrected chi connectivity index (χ3v) is 4.04. The summed E-state index contributed by atoms with van der Waals surface area (Å²) in [5.41, 5.74) is 0.625. The number of amides is 1. The van der Waals surface area contributed by atoms with Crippen LogP contribution < -0.4 is 4.90 Å². The summed E-state index contributed by atoms with van der Waals surface area (Å²) in [4.78, 5) is 16.2. The number of thioether (sulfide) groups is 1. The lowest BCUT2D eigenvalue weighted by molar-refractivity contribution is -0.128. The summed E-state index contributed by atoms with van der Waals surface area (Å²) in [6.45, 7) is 2.45. The molecule has 0 radical (unpaired) electrons. The molecule has 108 valence electrons. The van der Waals surface area contributed by atoms with Crippen LogP contribution in [0.5, 0.6) is 0 Å². The van der Waals surface area contributed by atoms with E-state index in [0.717, 1.165) is 0 Å². The smallest absolute Gasteiger partial charge is 0.317 e. The third kappa shape index (κ3) is 3.62. The van der Waals surface area contributed by atoms with E-state index in [1.807, 2.05) is 6.92 Å². The lowest BCUT2D eigenvalue weighted by atomic mass is 10.3. The maximum Gasteiger partial charge on any atom is 0.317 e. The number of hydrogen-bond acceptors (Lipinski definition) is 2. The van der Waals surface area contributed by atoms with Gasteiger partial charge in [0.25, 0.3) is 0 Å². The first-order valence-electron chi connectivity index (χ1n) is 5.68. The number of rotatable bonds is 2. The highest BCUT2D eigenvalue weighted by molar-refractivity contribution is 8.15. The van der Waals surface area contributed by atoms with Crippen LogP contribution >= 0.6 is 35.0 Å². The first-order valence-corrected chi connectivity index (χ1v) is 7.31. The van der Waals surface area contributed by atoms with Gasteiger partial charge in [-0.2, -0.15) is 13.8 Å². The molecule has 0 saturated carbocycles. The van der Waals surface area contributed by atoms with Crippen LogP contribution in [0.1, 0.15) is 6.92 Å². The van der Waals surface area contributed by atoms with E-state index in [0.29, 0.717) is 22.3 Å². The topological polar surface area (TPSA) is 32.7 Å². The molecule has 1 saturated heterocycles. The maximum absolute atomic E-state index is 12.3. The summed E-state index contributed by atoms with van der Waals surface area (Å²) in [6, 6.07) is 4.86. The van der Waals surface area contributed by atoms with Crippen LogP contribution in [0.2, 0.25) is 10.0 Å². The zero-order valence-electron chi connectivity index (χ0n) is 10.3. The zero-order valence-corrected chi connectivity index (χ0v) is 12.6. The Morgan fingerprint density at radius 1 is 1.40 bits per heavy atom. The molecule has 3 nitrogen and oxygen atoms in total. The van der Waals surface area contributed by atoms with E-state index in [1.54, 1.807) is 23.1 Å². The molecule has 1 aromatic carbocycles. The molecule has 1 atom stereocenters. The van der Waals surface area contributed by atoms with Crippen LogP contribution in [-0.4, -0.2) is 29.3 Å². The van der Waals surface area contributed by atoms with Crippen molar-refractivity contribution in [3.8, 4) is 0 Å². The van der Waals surface area contributed by atoms with E-state index in [1.165, 1.54) is 11.8 Å². The fourth-order valence-electron chi connectivity index (χ4n) is 1.76. The largest absolute Gasteiger partial charge is 0.320 e. The van der Waals surface area contributed by atoms with Crippen LogP contribution in [0, 0.1) is 0 Å². The number of carbonyl (C=O) groups is 1. The predicted molar refractivity (Wildman–Crippen MR) is 79.3 cm³/mol. The van der Waals surface area contributed by atoms with Gasteiger partial charge in [0.2, 0.25) is 0 Å². The normalized spacial score (nSPS) is 21.0. The van der Waals surface area contributed by atoms with Crippen LogP contribution in [0.3, 0.4) is 0 Å². The second-order valence-corrected chi connectivity index (χ2v) is 6.48. The molecule has 0 spiro atoms. The first-order chi connectivity index (χ1) is 9.36. The van der Waals surface area contributed by atoms with Crippen molar-refractivity contribution in [2.45, 2.75) is 18.6 Å². The predicted octanol–water partition coefficient (Wildman–Crippen LogP) is 4.08. The average molecular weight is 339 g/mol. The first kappa shape index (κ1) is 15.5. The van der Waals surface area contributed by atoms with Crippen molar-refractivity contribution in [1.29, 1.82) is 0 Å². The molecule has 1 aliphatic rings. The van der Waals surface area contributed by atoms with Crippen LogP contribution in [0.4, 0.5) is 14.5 Å². The highest BCUT2D eigenvalue weighted by Gasteiger charge is 2.29. The van der Waals surface area contributed by atoms with Crippen molar-refractivity contribution in [2.75, 3.05) is 11.4 Å². The number of nitrogens with zero attached hydrogens (tertiary/aromatic N) is 2. The van der Waals surface area contributed by atoms with E-state index < -0.39 is 12.3 Å². The highest BCUT2D eigenvalue weighted by atomic mass is 35.5. The zero-order chi connectivity index (χ0) is 14.9. The molecule has 2 rings (SSSR count). The monoisotopic (exact) mass is 338 g/mol. The van der Waals surface area contributed by atoms with Gasteiger partial charge in [-0.25, -0.2) is 0 Å². The number of aliphatic imine (C=N–C) groups is 1. The number of benzene rings is 1. The van der Waals surface area contributed by atoms with E-state index in [2.05, 4.69) is 4.99 Å². The van der Waals surface area contributed by atoms with Crippen LogP contribution in [0.15, 0.2) is 23.2 Å². The van der Waals surface area contributed by atoms with Gasteiger partial charge in [-0.15, -0.1) is 0 Å². The molecular formula is C12H10Cl2F2N2OS. The van der Waals surface area contributed by atoms with Gasteiger partial charge in [0.15, 0.2) is 5.17 Å². The van der Waals surface area contributed by atoms with Gasteiger partial charge in [0.05, 0.1) is 0 Å². The van der Waals surface area contributed by atoms with E-state index in [4.69, 9.17) is 23.2 Å². The number of halogens is 4. The van der Waals surface area contributed by atoms with Gasteiger partial charge in [0, 0.05) is 27.5 Å². The van der Waals surface area contributed by atoms with Crippen LogP contribution in [0.25, 0.3) is 0 Å². The maximum atomic E-state index is 12.3. The quantitative estimate of drug-likeness (QED) is 0.814. The average Bonchev–Trinajstić information content (AvgIpc) is 2.68. The Morgan fingerprint density at radius 2 is 2.00 bits per heavy atom. The van der Waals surface area contributed by atoms with Crippen molar-refractivity contribution < 1.29 is 13.6 Å². The summed E-state index contributed by atoms with van der Waals surface area (Å²) < 4.78 is 24.6. The van der Waals surface area contributed by atoms with Crippen molar-refractivity contribution in [1.82, 2.24) is 0 Å². The molecule has 0 bridgehead atoms. The summed E-state index contributed by atoms with van der Waals surface area (Å²) in [5.74, 6) is -1.44. The Bertz CT molecular complexity index is 548. The molecular weight excluding hydrogens is 329 g/mol. The Hall–Kier alpha value is -0.850. The molecule has 8 heteroatoms. The molecule has 1 unspecified atom stereocenters. The summed E-state index contributed by atoms with van der Waals surface area (Å²) in [7, 11) is 0. The molecule has 20 heavy (non-hydrogen) atoms. The molecule has 1 fully saturated rings. The minimum absolute atomic E-state index is 0.122. The summed E-state index contributed by atoms with van der Waals surface area (Å²) in [5, 5.41) is 1.21. The molecule has 0 aromatic heterocycles. The fourth-order valence-corrected chi connectivity index (χ4v) is 3.30. The minimum atomic E-state index is -3.11. The molecule has 0 aliphatic carbocycles. The Labute approximate surface area is 128 Å². The number of amidine groups is 1. The fraction of sp³-hybridized carbons (Fsp3) is 0.333. The van der Waals surface area contributed by atoms with Gasteiger partial charge >= 0.3 is 12.3 Å². The molecule has 1 heterocycles. The minimum Gasteiger partial charge on any atom is -0.320 e. The lowest BCUT2D eigenvalue weighted by Crippen LogP contribution is -2.26. The van der Waals surface area contributed by atoms with Crippen molar-refractivity contribution in [2.24, 2.45) is 4.99 Å². The summed E-state index contributed by atoms with van der Waals surface area (Å²) in [6.07, 6.45) is -3.11. The number of alkyl halides is 2. The lowest BCUT2D eigenvalue weighted by Gasteiger charge is -2.18. The number of anilines is 1. The number of carbonyl (C=O) groups excluding carboxylic acids is 1. The molecule has 0 N–H and O–H groups in total. The van der Waals surface area contributed by atoms with Crippen LogP contribution in [-0.2, 0) is 4.79 Å². The van der Waals surface area contributed by atoms with E-state index in [-0.39, 0.29) is 10.4 Å². The Kier molecular flexibility index (Phi) is 4.88. The Morgan fingerprint density at radius 3 is 2.55 bits per heavy atom. The highest BCUT2D eigenvalue weighted by Crippen LogP contribution is 2.33. The third-order valence-electron chi connectivity index (χ3n) is 2.53. The van der Waals surface area contributed by atoms with Gasteiger partial charge in [-0.1, -0.05) is 41.9 Å². The summed E-state index contributed by atoms with van der Waals surface area (Å²) >= 11 is 13.1. The SMILES string of the molecule is CC1CN(c2cc(Cl)cc(Cl)c2)C(=NC(=O)C(F)F)S1. The second kappa shape index (κ2) is 6.28. The number of hydrogen-bond donors (Lipinski definition) is 0. The van der Waals surface area contributed by atoms with Crippen molar-refractivity contribution in [3.05, 3.63) is 28.2 Å². The van der Waals surface area contributed by atoms with E-state index in [9.17, 15) is 13.6 Å². The van der Waals surface area contributed by atoms with Gasteiger partial charge in [-0.05, 0) is 18.2 Å². The van der Waals surface area contributed by atoms with E-state index >= 15 is 0 Å². The van der Waals surface area contributed by atoms with Crippen molar-refractivity contribution >= 4 is 51.7 Å². The Balaban J connectivity index is 2.35. The van der Waals surface area contributed by atoms with Crippen molar-refractivity contribution in [3.63, 3.8) is 0 Å². The standard InChI is InChI=1S/C12H10Cl2F2N2OS/c1-6-5-18(9-3-7(13)2-8(14)4-9)12(20-6)17-11(19)10(15)16/h2-4,6,10H,5H2,1H3. The van der Waals surface area contributed by atoms with Gasteiger partial charge < -0.3 is 4.90 Å². The molecule has 1 amide bonds. The van der Waals surface area contributed by atoms with Gasteiger partial charge in [-0.3, -0.25) is 4.79 Å². The van der Waals surface area contributed by atoms with Gasteiger partial charge in [0.1, 0.15) is 0 Å². The molecule has 1 aliphatic heterocycles.